The van der Waals surface area contributed by atoms with E-state index in [1.54, 1.807) is 39.9 Å². The van der Waals surface area contributed by atoms with Gasteiger partial charge in [0.25, 0.3) is 11.8 Å². The number of nitrogens with zero attached hydrogens (tertiary/aromatic N) is 4. The van der Waals surface area contributed by atoms with Crippen LogP contribution in [0.1, 0.15) is 21.0 Å². The number of aryl methyl sites for hydroxylation is 1. The molecule has 0 atom stereocenters. The summed E-state index contributed by atoms with van der Waals surface area (Å²) in [6, 6.07) is 3.34. The Morgan fingerprint density at radius 2 is 1.82 bits per heavy atom. The maximum Gasteiger partial charge on any atom is 0.289 e. The van der Waals surface area contributed by atoms with E-state index in [9.17, 15) is 9.59 Å². The fourth-order valence-electron chi connectivity index (χ4n) is 2.47. The van der Waals surface area contributed by atoms with Crippen molar-refractivity contribution in [3.63, 3.8) is 0 Å². The van der Waals surface area contributed by atoms with Gasteiger partial charge in [-0.2, -0.15) is 5.10 Å². The Kier molecular flexibility index (Phi) is 4.19. The van der Waals surface area contributed by atoms with E-state index in [0.717, 1.165) is 3.57 Å². The highest BCUT2D eigenvalue weighted by Gasteiger charge is 2.28. The van der Waals surface area contributed by atoms with Crippen molar-refractivity contribution in [2.45, 2.75) is 0 Å². The lowest BCUT2D eigenvalue weighted by atomic mass is 10.2. The number of carbonyl (C=O) groups excluding carboxylic acids is 2. The summed E-state index contributed by atoms with van der Waals surface area (Å²) in [4.78, 5) is 28.2. The molecule has 8 heteroatoms. The van der Waals surface area contributed by atoms with Crippen molar-refractivity contribution in [2.24, 2.45) is 7.05 Å². The highest BCUT2D eigenvalue weighted by Crippen LogP contribution is 2.15. The number of aromatic nitrogens is 2. The van der Waals surface area contributed by atoms with Gasteiger partial charge in [-0.05, 0) is 34.7 Å². The first-order valence-corrected chi connectivity index (χ1v) is 7.95. The lowest BCUT2D eigenvalue weighted by Crippen LogP contribution is -2.51. The van der Waals surface area contributed by atoms with Gasteiger partial charge < -0.3 is 14.2 Å². The van der Waals surface area contributed by atoms with Crippen molar-refractivity contribution in [1.29, 1.82) is 0 Å². The normalized spacial score (nSPS) is 15.2. The third-order valence-electron chi connectivity index (χ3n) is 3.68. The summed E-state index contributed by atoms with van der Waals surface area (Å²) in [6.45, 7) is 2.01. The first kappa shape index (κ1) is 15.1. The van der Waals surface area contributed by atoms with Crippen molar-refractivity contribution in [2.75, 3.05) is 26.2 Å². The SMILES string of the molecule is Cn1ncc(I)c1C(=O)N1CCN(C(=O)c2ccco2)CC1. The second-order valence-corrected chi connectivity index (χ2v) is 6.19. The Bertz CT molecular complexity index is 668. The van der Waals surface area contributed by atoms with Crippen molar-refractivity contribution in [3.05, 3.63) is 39.6 Å². The minimum absolute atomic E-state index is 0.0468. The van der Waals surface area contributed by atoms with Gasteiger partial charge in [0, 0.05) is 33.2 Å². The average molecular weight is 414 g/mol. The zero-order chi connectivity index (χ0) is 15.7. The highest BCUT2D eigenvalue weighted by atomic mass is 127. The molecule has 3 heterocycles. The molecule has 0 radical (unpaired) electrons. The van der Waals surface area contributed by atoms with Crippen LogP contribution in [-0.4, -0.2) is 57.6 Å². The number of hydrogen-bond acceptors (Lipinski definition) is 4. The van der Waals surface area contributed by atoms with Crippen LogP contribution in [0.2, 0.25) is 0 Å². The minimum atomic E-state index is -0.132. The van der Waals surface area contributed by atoms with E-state index in [4.69, 9.17) is 4.42 Å². The Morgan fingerprint density at radius 3 is 2.32 bits per heavy atom. The molecule has 22 heavy (non-hydrogen) atoms. The van der Waals surface area contributed by atoms with Crippen LogP contribution in [0.3, 0.4) is 0 Å². The van der Waals surface area contributed by atoms with E-state index in [1.807, 2.05) is 0 Å². The Hall–Kier alpha value is -1.84. The molecule has 116 valence electrons. The quantitative estimate of drug-likeness (QED) is 0.693. The first-order valence-electron chi connectivity index (χ1n) is 6.87. The number of piperazine rings is 1. The van der Waals surface area contributed by atoms with E-state index in [2.05, 4.69) is 27.7 Å². The fraction of sp³-hybridized carbons (Fsp3) is 0.357. The lowest BCUT2D eigenvalue weighted by molar-refractivity contribution is 0.0512. The largest absolute Gasteiger partial charge is 0.459 e. The number of carbonyl (C=O) groups is 2. The van der Waals surface area contributed by atoms with Gasteiger partial charge in [0.15, 0.2) is 5.76 Å². The van der Waals surface area contributed by atoms with E-state index in [0.29, 0.717) is 37.6 Å². The summed E-state index contributed by atoms with van der Waals surface area (Å²) in [5.41, 5.74) is 0.589. The Labute approximate surface area is 141 Å². The van der Waals surface area contributed by atoms with Crippen LogP contribution in [0.4, 0.5) is 0 Å². The minimum Gasteiger partial charge on any atom is -0.459 e. The van der Waals surface area contributed by atoms with E-state index < -0.39 is 0 Å². The van der Waals surface area contributed by atoms with Crippen molar-refractivity contribution in [1.82, 2.24) is 19.6 Å². The van der Waals surface area contributed by atoms with Gasteiger partial charge in [-0.3, -0.25) is 14.3 Å². The summed E-state index contributed by atoms with van der Waals surface area (Å²) in [5, 5.41) is 4.09. The van der Waals surface area contributed by atoms with Gasteiger partial charge in [-0.25, -0.2) is 0 Å². The molecule has 2 amide bonds. The standard InChI is InChI=1S/C14H15IN4O3/c1-17-12(10(15)9-16-17)14(21)19-6-4-18(5-7-19)13(20)11-3-2-8-22-11/h2-3,8-9H,4-7H2,1H3. The van der Waals surface area contributed by atoms with Crippen LogP contribution < -0.4 is 0 Å². The second kappa shape index (κ2) is 6.11. The molecule has 1 saturated heterocycles. The zero-order valence-corrected chi connectivity index (χ0v) is 14.2. The van der Waals surface area contributed by atoms with Crippen molar-refractivity contribution >= 4 is 34.4 Å². The molecule has 0 spiro atoms. The topological polar surface area (TPSA) is 71.6 Å². The number of halogens is 1. The van der Waals surface area contributed by atoms with Crippen LogP contribution in [-0.2, 0) is 7.05 Å². The van der Waals surface area contributed by atoms with Crippen molar-refractivity contribution in [3.8, 4) is 0 Å². The number of hydrogen-bond donors (Lipinski definition) is 0. The van der Waals surface area contributed by atoms with Gasteiger partial charge >= 0.3 is 0 Å². The molecule has 2 aromatic rings. The summed E-state index contributed by atoms with van der Waals surface area (Å²) in [6.07, 6.45) is 3.15. The van der Waals surface area contributed by atoms with Gasteiger partial charge in [0.05, 0.1) is 16.0 Å². The molecule has 0 bridgehead atoms. The predicted molar refractivity (Wildman–Crippen MR) is 86.4 cm³/mol. The molecular formula is C14H15IN4O3. The van der Waals surface area contributed by atoms with Crippen LogP contribution >= 0.6 is 22.6 Å². The average Bonchev–Trinajstić information content (AvgIpc) is 3.17. The second-order valence-electron chi connectivity index (χ2n) is 5.03. The van der Waals surface area contributed by atoms with Gasteiger partial charge in [0.2, 0.25) is 0 Å². The Balaban J connectivity index is 1.65. The molecule has 1 fully saturated rings. The van der Waals surface area contributed by atoms with Gasteiger partial charge in [-0.15, -0.1) is 0 Å². The molecule has 0 aromatic carbocycles. The molecule has 7 nitrogen and oxygen atoms in total. The van der Waals surface area contributed by atoms with Gasteiger partial charge in [0.1, 0.15) is 5.69 Å². The molecule has 0 unspecified atom stereocenters. The van der Waals surface area contributed by atoms with Crippen LogP contribution in [0.25, 0.3) is 0 Å². The predicted octanol–water partition coefficient (Wildman–Crippen LogP) is 1.22. The fourth-order valence-corrected chi connectivity index (χ4v) is 3.17. The van der Waals surface area contributed by atoms with Crippen molar-refractivity contribution < 1.29 is 14.0 Å². The first-order chi connectivity index (χ1) is 10.6. The molecule has 1 aliphatic heterocycles. The van der Waals surface area contributed by atoms with Crippen LogP contribution in [0.15, 0.2) is 29.0 Å². The highest BCUT2D eigenvalue weighted by molar-refractivity contribution is 14.1. The number of furan rings is 1. The summed E-state index contributed by atoms with van der Waals surface area (Å²) in [7, 11) is 1.76. The number of rotatable bonds is 2. The third-order valence-corrected chi connectivity index (χ3v) is 4.47. The Morgan fingerprint density at radius 1 is 1.18 bits per heavy atom. The van der Waals surface area contributed by atoms with E-state index in [-0.39, 0.29) is 11.8 Å². The van der Waals surface area contributed by atoms with E-state index >= 15 is 0 Å². The molecule has 0 saturated carbocycles. The maximum absolute atomic E-state index is 12.5. The maximum atomic E-state index is 12.5. The van der Waals surface area contributed by atoms with Crippen LogP contribution in [0, 0.1) is 3.57 Å². The molecule has 0 aliphatic carbocycles. The number of amides is 2. The summed E-state index contributed by atoms with van der Waals surface area (Å²) >= 11 is 2.11. The van der Waals surface area contributed by atoms with Crippen LogP contribution in [0.5, 0.6) is 0 Å². The molecule has 2 aromatic heterocycles. The lowest BCUT2D eigenvalue weighted by Gasteiger charge is -2.34. The molecule has 1 aliphatic rings. The monoisotopic (exact) mass is 414 g/mol. The molecule has 3 rings (SSSR count). The smallest absolute Gasteiger partial charge is 0.289 e. The summed E-state index contributed by atoms with van der Waals surface area (Å²) < 4.78 is 7.55. The summed E-state index contributed by atoms with van der Waals surface area (Å²) in [5.74, 6) is 0.155. The third kappa shape index (κ3) is 2.74. The van der Waals surface area contributed by atoms with Gasteiger partial charge in [-0.1, -0.05) is 0 Å². The molecular weight excluding hydrogens is 399 g/mol. The zero-order valence-electron chi connectivity index (χ0n) is 12.0. The molecule has 0 N–H and O–H groups in total. The van der Waals surface area contributed by atoms with E-state index in [1.165, 1.54) is 6.26 Å².